The third-order valence-corrected chi connectivity index (χ3v) is 1.71. The van der Waals surface area contributed by atoms with Gasteiger partial charge in [-0.05, 0) is 27.7 Å². The first kappa shape index (κ1) is 11.6. The molecule has 0 aliphatic carbocycles. The molecular weight excluding hydrogens is 194 g/mol. The van der Waals surface area contributed by atoms with Crippen molar-refractivity contribution in [2.45, 2.75) is 39.8 Å². The molecule has 0 aromatic carbocycles. The Morgan fingerprint density at radius 2 is 2.20 bits per heavy atom. The maximum atomic E-state index is 11.6. The van der Waals surface area contributed by atoms with E-state index in [1.165, 1.54) is 0 Å². The fourth-order valence-corrected chi connectivity index (χ4v) is 1.08. The normalized spacial score (nSPS) is 11.5. The van der Waals surface area contributed by atoms with E-state index >= 15 is 0 Å². The van der Waals surface area contributed by atoms with Crippen LogP contribution in [0.4, 0.5) is 5.69 Å². The minimum atomic E-state index is -0.528. The van der Waals surface area contributed by atoms with E-state index in [0.29, 0.717) is 12.2 Å². The van der Waals surface area contributed by atoms with E-state index in [-0.39, 0.29) is 5.69 Å². The van der Waals surface area contributed by atoms with E-state index in [0.717, 1.165) is 0 Å². The molecular formula is C10H17N3O2. The third kappa shape index (κ3) is 2.97. The number of anilines is 1. The lowest BCUT2D eigenvalue weighted by Crippen LogP contribution is -2.24. The minimum Gasteiger partial charge on any atom is -0.455 e. The number of aromatic nitrogens is 2. The molecule has 1 rings (SSSR count). The fraction of sp³-hybridized carbons (Fsp3) is 0.600. The molecule has 0 fully saturated rings. The quantitative estimate of drug-likeness (QED) is 0.751. The first-order chi connectivity index (χ1) is 6.83. The third-order valence-electron chi connectivity index (χ3n) is 1.71. The zero-order valence-electron chi connectivity index (χ0n) is 9.57. The minimum absolute atomic E-state index is 0.187. The highest BCUT2D eigenvalue weighted by Gasteiger charge is 2.22. The van der Waals surface area contributed by atoms with Crippen LogP contribution in [0.2, 0.25) is 0 Å². The van der Waals surface area contributed by atoms with Gasteiger partial charge in [-0.15, -0.1) is 0 Å². The van der Waals surface area contributed by atoms with Crippen LogP contribution in [-0.2, 0) is 11.3 Å². The van der Waals surface area contributed by atoms with Gasteiger partial charge < -0.3 is 10.5 Å². The molecule has 5 nitrogen and oxygen atoms in total. The zero-order chi connectivity index (χ0) is 11.6. The summed E-state index contributed by atoms with van der Waals surface area (Å²) in [5, 5.41) is 4.03. The van der Waals surface area contributed by atoms with Crippen LogP contribution in [0, 0.1) is 0 Å². The molecule has 0 aliphatic heterocycles. The monoisotopic (exact) mass is 211 g/mol. The molecule has 0 aliphatic rings. The van der Waals surface area contributed by atoms with E-state index in [4.69, 9.17) is 10.5 Å². The van der Waals surface area contributed by atoms with Crippen molar-refractivity contribution in [1.29, 1.82) is 0 Å². The first-order valence-corrected chi connectivity index (χ1v) is 4.89. The molecule has 1 aromatic heterocycles. The van der Waals surface area contributed by atoms with Gasteiger partial charge in [-0.25, -0.2) is 4.79 Å². The summed E-state index contributed by atoms with van der Waals surface area (Å²) in [5.41, 5.74) is 5.66. The van der Waals surface area contributed by atoms with Crippen LogP contribution < -0.4 is 5.73 Å². The lowest BCUT2D eigenvalue weighted by molar-refractivity contribution is 0.00632. The summed E-state index contributed by atoms with van der Waals surface area (Å²) in [4.78, 5) is 11.6. The number of carbonyl (C=O) groups excluding carboxylic acids is 1. The fourth-order valence-electron chi connectivity index (χ4n) is 1.08. The van der Waals surface area contributed by atoms with Crippen molar-refractivity contribution in [2.24, 2.45) is 0 Å². The Hall–Kier alpha value is -1.52. The van der Waals surface area contributed by atoms with Gasteiger partial charge in [0.05, 0.1) is 5.69 Å². The number of hydrogen-bond donors (Lipinski definition) is 1. The Morgan fingerprint density at radius 1 is 1.60 bits per heavy atom. The van der Waals surface area contributed by atoms with E-state index in [9.17, 15) is 4.79 Å². The first-order valence-electron chi connectivity index (χ1n) is 4.89. The van der Waals surface area contributed by atoms with Crippen LogP contribution in [0.3, 0.4) is 0 Å². The van der Waals surface area contributed by atoms with Crippen molar-refractivity contribution in [2.75, 3.05) is 5.73 Å². The largest absolute Gasteiger partial charge is 0.455 e. The Morgan fingerprint density at radius 3 is 2.60 bits per heavy atom. The highest BCUT2D eigenvalue weighted by atomic mass is 16.6. The van der Waals surface area contributed by atoms with Crippen LogP contribution >= 0.6 is 0 Å². The highest BCUT2D eigenvalue weighted by Crippen LogP contribution is 2.15. The predicted octanol–water partition coefficient (Wildman–Crippen LogP) is 1.44. The smallest absolute Gasteiger partial charge is 0.361 e. The molecule has 0 atom stereocenters. The average molecular weight is 211 g/mol. The van der Waals surface area contributed by atoms with Gasteiger partial charge in [-0.2, -0.15) is 5.10 Å². The number of nitrogens with zero attached hydrogens (tertiary/aromatic N) is 2. The van der Waals surface area contributed by atoms with E-state index in [1.807, 2.05) is 6.92 Å². The van der Waals surface area contributed by atoms with Crippen LogP contribution in [0.1, 0.15) is 38.2 Å². The van der Waals surface area contributed by atoms with Gasteiger partial charge in [-0.1, -0.05) is 0 Å². The molecule has 0 saturated carbocycles. The van der Waals surface area contributed by atoms with E-state index < -0.39 is 11.6 Å². The van der Waals surface area contributed by atoms with Crippen molar-refractivity contribution in [3.05, 3.63) is 11.9 Å². The second kappa shape index (κ2) is 3.92. The molecule has 0 unspecified atom stereocenters. The van der Waals surface area contributed by atoms with Gasteiger partial charge in [0, 0.05) is 12.7 Å². The number of rotatable bonds is 2. The number of nitrogens with two attached hydrogens (primary N) is 1. The predicted molar refractivity (Wildman–Crippen MR) is 57.5 cm³/mol. The zero-order valence-corrected chi connectivity index (χ0v) is 9.57. The summed E-state index contributed by atoms with van der Waals surface area (Å²) in [5.74, 6) is -0.479. The molecule has 5 heteroatoms. The Balaban J connectivity index is 2.87. The van der Waals surface area contributed by atoms with Crippen molar-refractivity contribution in [3.63, 3.8) is 0 Å². The molecule has 1 aromatic rings. The molecule has 0 spiro atoms. The number of hydrogen-bond acceptors (Lipinski definition) is 4. The van der Waals surface area contributed by atoms with Crippen molar-refractivity contribution in [1.82, 2.24) is 9.78 Å². The van der Waals surface area contributed by atoms with Gasteiger partial charge in [0.2, 0.25) is 0 Å². The Kier molecular flexibility index (Phi) is 3.02. The second-order valence-electron chi connectivity index (χ2n) is 4.29. The van der Waals surface area contributed by atoms with Crippen LogP contribution in [-0.4, -0.2) is 21.4 Å². The van der Waals surface area contributed by atoms with Crippen LogP contribution in [0.15, 0.2) is 6.20 Å². The van der Waals surface area contributed by atoms with Gasteiger partial charge in [0.25, 0.3) is 0 Å². The Bertz CT molecular complexity index is 363. The molecule has 1 heterocycles. The summed E-state index contributed by atoms with van der Waals surface area (Å²) >= 11 is 0. The highest BCUT2D eigenvalue weighted by molar-refractivity contribution is 5.92. The number of esters is 1. The van der Waals surface area contributed by atoms with Gasteiger partial charge in [0.1, 0.15) is 5.60 Å². The second-order valence-corrected chi connectivity index (χ2v) is 4.29. The average Bonchev–Trinajstić information content (AvgIpc) is 2.43. The summed E-state index contributed by atoms with van der Waals surface area (Å²) in [7, 11) is 0. The number of carbonyl (C=O) groups is 1. The number of nitrogen functional groups attached to an aromatic ring is 1. The molecule has 2 N–H and O–H groups in total. The lowest BCUT2D eigenvalue weighted by atomic mass is 10.2. The van der Waals surface area contributed by atoms with Gasteiger partial charge in [-0.3, -0.25) is 4.68 Å². The lowest BCUT2D eigenvalue weighted by Gasteiger charge is -2.18. The summed E-state index contributed by atoms with van der Waals surface area (Å²) in [6, 6.07) is 0. The molecule has 0 radical (unpaired) electrons. The van der Waals surface area contributed by atoms with Crippen molar-refractivity contribution < 1.29 is 9.53 Å². The molecule has 15 heavy (non-hydrogen) atoms. The number of ether oxygens (including phenoxy) is 1. The Labute approximate surface area is 89.2 Å². The topological polar surface area (TPSA) is 70.1 Å². The van der Waals surface area contributed by atoms with Crippen molar-refractivity contribution in [3.8, 4) is 0 Å². The number of aryl methyl sites for hydroxylation is 1. The van der Waals surface area contributed by atoms with Gasteiger partial charge in [0.15, 0.2) is 5.69 Å². The molecule has 0 saturated heterocycles. The summed E-state index contributed by atoms with van der Waals surface area (Å²) in [6.07, 6.45) is 1.62. The summed E-state index contributed by atoms with van der Waals surface area (Å²) in [6.45, 7) is 8.01. The van der Waals surface area contributed by atoms with E-state index in [2.05, 4.69) is 5.10 Å². The van der Waals surface area contributed by atoms with Crippen molar-refractivity contribution >= 4 is 11.7 Å². The molecule has 84 valence electrons. The molecule has 0 amide bonds. The van der Waals surface area contributed by atoms with Crippen LogP contribution in [0.5, 0.6) is 0 Å². The standard InChI is InChI=1S/C10H17N3O2/c1-5-13-6-7(11)8(12-13)9(14)15-10(2,3)4/h6H,5,11H2,1-4H3. The maximum absolute atomic E-state index is 11.6. The van der Waals surface area contributed by atoms with Crippen LogP contribution in [0.25, 0.3) is 0 Å². The van der Waals surface area contributed by atoms with E-state index in [1.54, 1.807) is 31.6 Å². The molecule has 0 bridgehead atoms. The SMILES string of the molecule is CCn1cc(N)c(C(=O)OC(C)(C)C)n1. The van der Waals surface area contributed by atoms with Gasteiger partial charge >= 0.3 is 5.97 Å². The summed E-state index contributed by atoms with van der Waals surface area (Å²) < 4.78 is 6.77. The maximum Gasteiger partial charge on any atom is 0.361 e.